The van der Waals surface area contributed by atoms with Gasteiger partial charge >= 0.3 is 0 Å². The predicted molar refractivity (Wildman–Crippen MR) is 112 cm³/mol. The lowest BCUT2D eigenvalue weighted by Crippen LogP contribution is -2.36. The summed E-state index contributed by atoms with van der Waals surface area (Å²) in [4.78, 5) is 6.30. The summed E-state index contributed by atoms with van der Waals surface area (Å²) in [5.74, 6) is 0.519. The number of hydrogen-bond donors (Lipinski definition) is 2. The van der Waals surface area contributed by atoms with Crippen molar-refractivity contribution in [1.82, 2.24) is 10.6 Å². The minimum Gasteiger partial charge on any atom is -0.375 e. The van der Waals surface area contributed by atoms with Gasteiger partial charge < -0.3 is 15.5 Å². The summed E-state index contributed by atoms with van der Waals surface area (Å²) in [5.41, 5.74) is 2.66. The van der Waals surface area contributed by atoms with Gasteiger partial charge in [0.1, 0.15) is 5.82 Å². The maximum Gasteiger partial charge on any atom is 0.191 e. The minimum absolute atomic E-state index is 0. The molecule has 24 heavy (non-hydrogen) atoms. The molecular formula is C17H24FIN4S. The molecule has 1 aromatic heterocycles. The largest absolute Gasteiger partial charge is 0.375 e. The third kappa shape index (κ3) is 6.27. The maximum atomic E-state index is 14.0. The van der Waals surface area contributed by atoms with Gasteiger partial charge in [0.05, 0.1) is 12.2 Å². The van der Waals surface area contributed by atoms with Gasteiger partial charge in [0.25, 0.3) is 0 Å². The lowest BCUT2D eigenvalue weighted by molar-refractivity contribution is 0.623. The number of rotatable bonds is 6. The van der Waals surface area contributed by atoms with E-state index in [2.05, 4.69) is 27.1 Å². The number of hydrogen-bond acceptors (Lipinski definition) is 3. The van der Waals surface area contributed by atoms with Crippen molar-refractivity contribution >= 4 is 47.0 Å². The lowest BCUT2D eigenvalue weighted by atomic mass is 10.2. The predicted octanol–water partition coefficient (Wildman–Crippen LogP) is 3.83. The van der Waals surface area contributed by atoms with Crippen molar-refractivity contribution in [2.45, 2.75) is 20.0 Å². The molecule has 2 rings (SSSR count). The smallest absolute Gasteiger partial charge is 0.191 e. The molecule has 4 nitrogen and oxygen atoms in total. The Bertz CT molecular complexity index is 644. The molecule has 132 valence electrons. The van der Waals surface area contributed by atoms with E-state index in [1.165, 1.54) is 5.56 Å². The number of benzene rings is 1. The Labute approximate surface area is 164 Å². The highest BCUT2D eigenvalue weighted by molar-refractivity contribution is 14.0. The first-order valence-corrected chi connectivity index (χ1v) is 8.53. The molecule has 1 heterocycles. The zero-order chi connectivity index (χ0) is 16.7. The average molecular weight is 462 g/mol. The minimum atomic E-state index is -0.213. The molecule has 0 fully saturated rings. The molecule has 0 aliphatic heterocycles. The number of aliphatic imine (C=N–C) groups is 1. The van der Waals surface area contributed by atoms with E-state index in [-0.39, 0.29) is 29.8 Å². The summed E-state index contributed by atoms with van der Waals surface area (Å²) in [6.45, 7) is 3.96. The van der Waals surface area contributed by atoms with Crippen LogP contribution in [0.3, 0.4) is 0 Å². The molecule has 0 atom stereocenters. The van der Waals surface area contributed by atoms with Crippen LogP contribution >= 0.6 is 35.3 Å². The molecule has 7 heteroatoms. The van der Waals surface area contributed by atoms with Gasteiger partial charge in [-0.1, -0.05) is 6.07 Å². The van der Waals surface area contributed by atoms with Crippen molar-refractivity contribution in [2.75, 3.05) is 25.5 Å². The van der Waals surface area contributed by atoms with E-state index in [4.69, 9.17) is 0 Å². The molecule has 0 radical (unpaired) electrons. The van der Waals surface area contributed by atoms with Crippen LogP contribution in [-0.2, 0) is 13.1 Å². The van der Waals surface area contributed by atoms with Gasteiger partial charge in [-0.15, -0.1) is 24.0 Å². The SMILES string of the molecule is CCNC(=NCc1ccsc1)NCc1ccc(N(C)C)c(F)c1.I. The molecular weight excluding hydrogens is 438 g/mol. The Balaban J connectivity index is 0.00000288. The van der Waals surface area contributed by atoms with Gasteiger partial charge in [0, 0.05) is 27.2 Å². The van der Waals surface area contributed by atoms with E-state index in [0.717, 1.165) is 18.1 Å². The second-order valence-corrected chi connectivity index (χ2v) is 6.14. The summed E-state index contributed by atoms with van der Waals surface area (Å²) < 4.78 is 14.0. The third-order valence-corrected chi connectivity index (χ3v) is 4.03. The quantitative estimate of drug-likeness (QED) is 0.390. The Morgan fingerprint density at radius 2 is 2.00 bits per heavy atom. The van der Waals surface area contributed by atoms with Crippen molar-refractivity contribution in [2.24, 2.45) is 4.99 Å². The van der Waals surface area contributed by atoms with Gasteiger partial charge in [-0.2, -0.15) is 11.3 Å². The highest BCUT2D eigenvalue weighted by Gasteiger charge is 2.06. The fourth-order valence-electron chi connectivity index (χ4n) is 2.10. The van der Waals surface area contributed by atoms with Crippen LogP contribution in [-0.4, -0.2) is 26.6 Å². The van der Waals surface area contributed by atoms with Gasteiger partial charge in [0.15, 0.2) is 5.96 Å². The normalized spacial score (nSPS) is 10.9. The molecule has 0 unspecified atom stereocenters. The summed E-state index contributed by atoms with van der Waals surface area (Å²) in [6.07, 6.45) is 0. The van der Waals surface area contributed by atoms with Crippen LogP contribution in [0.4, 0.5) is 10.1 Å². The highest BCUT2D eigenvalue weighted by atomic mass is 127. The standard InChI is InChI=1S/C17H23FN4S.HI/c1-4-19-17(21-11-14-7-8-23-12-14)20-10-13-5-6-16(22(2)3)15(18)9-13;/h5-9,12H,4,10-11H2,1-3H3,(H2,19,20,21);1H. The number of nitrogens with zero attached hydrogens (tertiary/aromatic N) is 2. The Morgan fingerprint density at radius 1 is 1.21 bits per heavy atom. The number of nitrogens with one attached hydrogen (secondary N) is 2. The zero-order valence-electron chi connectivity index (χ0n) is 14.2. The van der Waals surface area contributed by atoms with E-state index in [9.17, 15) is 4.39 Å². The van der Waals surface area contributed by atoms with Crippen LogP contribution in [0.2, 0.25) is 0 Å². The second-order valence-electron chi connectivity index (χ2n) is 5.36. The van der Waals surface area contributed by atoms with Crippen LogP contribution in [0.15, 0.2) is 40.0 Å². The van der Waals surface area contributed by atoms with Crippen molar-refractivity contribution in [3.63, 3.8) is 0 Å². The molecule has 1 aromatic carbocycles. The Morgan fingerprint density at radius 3 is 2.58 bits per heavy atom. The Kier molecular flexibility index (Phi) is 9.05. The third-order valence-electron chi connectivity index (χ3n) is 3.30. The molecule has 0 aliphatic carbocycles. The molecule has 2 N–H and O–H groups in total. The first-order valence-electron chi connectivity index (χ1n) is 7.59. The molecule has 0 spiro atoms. The van der Waals surface area contributed by atoms with Crippen molar-refractivity contribution in [3.05, 3.63) is 52.0 Å². The number of thiophene rings is 1. The summed E-state index contributed by atoms with van der Waals surface area (Å²) in [5, 5.41) is 10.6. The molecule has 0 saturated carbocycles. The summed E-state index contributed by atoms with van der Waals surface area (Å²) >= 11 is 1.66. The number of anilines is 1. The van der Waals surface area contributed by atoms with Gasteiger partial charge in [-0.3, -0.25) is 0 Å². The van der Waals surface area contributed by atoms with E-state index >= 15 is 0 Å². The fraction of sp³-hybridized carbons (Fsp3) is 0.353. The van der Waals surface area contributed by atoms with Gasteiger partial charge in [0.2, 0.25) is 0 Å². The first kappa shape index (κ1) is 20.7. The van der Waals surface area contributed by atoms with E-state index in [1.807, 2.05) is 32.5 Å². The molecule has 2 aromatic rings. The van der Waals surface area contributed by atoms with Crippen LogP contribution in [0.1, 0.15) is 18.1 Å². The number of halogens is 2. The zero-order valence-corrected chi connectivity index (χ0v) is 17.3. The second kappa shape index (κ2) is 10.5. The van der Waals surface area contributed by atoms with Crippen LogP contribution in [0.25, 0.3) is 0 Å². The molecule has 0 saturated heterocycles. The van der Waals surface area contributed by atoms with Crippen LogP contribution < -0.4 is 15.5 Å². The van der Waals surface area contributed by atoms with E-state index in [0.29, 0.717) is 18.8 Å². The first-order chi connectivity index (χ1) is 11.1. The topological polar surface area (TPSA) is 39.7 Å². The van der Waals surface area contributed by atoms with E-state index < -0.39 is 0 Å². The maximum absolute atomic E-state index is 14.0. The van der Waals surface area contributed by atoms with E-state index in [1.54, 1.807) is 28.4 Å². The summed E-state index contributed by atoms with van der Waals surface area (Å²) in [6, 6.07) is 7.34. The van der Waals surface area contributed by atoms with Crippen LogP contribution in [0, 0.1) is 5.82 Å². The fourth-order valence-corrected chi connectivity index (χ4v) is 2.76. The molecule has 0 aliphatic rings. The van der Waals surface area contributed by atoms with Crippen LogP contribution in [0.5, 0.6) is 0 Å². The molecule has 0 amide bonds. The van der Waals surface area contributed by atoms with Gasteiger partial charge in [-0.05, 0) is 47.0 Å². The monoisotopic (exact) mass is 462 g/mol. The average Bonchev–Trinajstić information content (AvgIpc) is 3.03. The van der Waals surface area contributed by atoms with Crippen molar-refractivity contribution < 1.29 is 4.39 Å². The highest BCUT2D eigenvalue weighted by Crippen LogP contribution is 2.18. The Hall–Kier alpha value is -1.35. The van der Waals surface area contributed by atoms with Crippen molar-refractivity contribution in [3.8, 4) is 0 Å². The lowest BCUT2D eigenvalue weighted by Gasteiger charge is -2.15. The molecule has 0 bridgehead atoms. The summed E-state index contributed by atoms with van der Waals surface area (Å²) in [7, 11) is 3.66. The van der Waals surface area contributed by atoms with Crippen molar-refractivity contribution in [1.29, 1.82) is 0 Å². The number of guanidine groups is 1. The van der Waals surface area contributed by atoms with Gasteiger partial charge in [-0.25, -0.2) is 9.38 Å².